The van der Waals surface area contributed by atoms with E-state index < -0.39 is 0 Å². The number of likely N-dealkylation sites (tertiary alicyclic amines) is 1. The van der Waals surface area contributed by atoms with E-state index in [0.29, 0.717) is 6.04 Å². The highest BCUT2D eigenvalue weighted by Gasteiger charge is 2.26. The SMILES string of the molecule is CN(c1ccc(CO)cn1)C1CCN(Cc2ccccc2)C1. The van der Waals surface area contributed by atoms with Crippen LogP contribution in [0.1, 0.15) is 17.5 Å². The Morgan fingerprint density at radius 1 is 1.18 bits per heavy atom. The fraction of sp³-hybridized carbons (Fsp3) is 0.389. The smallest absolute Gasteiger partial charge is 0.128 e. The van der Waals surface area contributed by atoms with E-state index in [0.717, 1.165) is 37.4 Å². The summed E-state index contributed by atoms with van der Waals surface area (Å²) in [6.07, 6.45) is 2.91. The summed E-state index contributed by atoms with van der Waals surface area (Å²) in [7, 11) is 2.11. The summed E-state index contributed by atoms with van der Waals surface area (Å²) in [5.74, 6) is 0.976. The molecule has 1 aromatic carbocycles. The van der Waals surface area contributed by atoms with Crippen LogP contribution in [0.25, 0.3) is 0 Å². The molecule has 4 nitrogen and oxygen atoms in total. The van der Waals surface area contributed by atoms with Crippen LogP contribution in [0.5, 0.6) is 0 Å². The minimum Gasteiger partial charge on any atom is -0.392 e. The van der Waals surface area contributed by atoms with E-state index in [9.17, 15) is 0 Å². The van der Waals surface area contributed by atoms with Crippen molar-refractivity contribution in [3.8, 4) is 0 Å². The zero-order chi connectivity index (χ0) is 15.4. The van der Waals surface area contributed by atoms with Crippen molar-refractivity contribution < 1.29 is 5.11 Å². The Kier molecular flexibility index (Phi) is 4.71. The number of likely N-dealkylation sites (N-methyl/N-ethyl adjacent to an activating group) is 1. The van der Waals surface area contributed by atoms with Gasteiger partial charge in [0.25, 0.3) is 0 Å². The quantitative estimate of drug-likeness (QED) is 0.919. The molecule has 1 saturated heterocycles. The average molecular weight is 297 g/mol. The number of aliphatic hydroxyl groups excluding tert-OH is 1. The number of nitrogens with zero attached hydrogens (tertiary/aromatic N) is 3. The van der Waals surface area contributed by atoms with Crippen molar-refractivity contribution in [2.24, 2.45) is 0 Å². The van der Waals surface area contributed by atoms with Crippen molar-refractivity contribution in [1.29, 1.82) is 0 Å². The Labute approximate surface area is 132 Å². The first-order valence-electron chi connectivity index (χ1n) is 7.81. The topological polar surface area (TPSA) is 39.6 Å². The largest absolute Gasteiger partial charge is 0.392 e. The Bertz CT molecular complexity index is 585. The van der Waals surface area contributed by atoms with Gasteiger partial charge in [-0.25, -0.2) is 4.98 Å². The third-order valence-corrected chi connectivity index (χ3v) is 4.40. The van der Waals surface area contributed by atoms with Gasteiger partial charge in [-0.15, -0.1) is 0 Å². The normalized spacial score (nSPS) is 18.5. The first-order chi connectivity index (χ1) is 10.8. The van der Waals surface area contributed by atoms with E-state index in [1.165, 1.54) is 5.56 Å². The van der Waals surface area contributed by atoms with Gasteiger partial charge >= 0.3 is 0 Å². The van der Waals surface area contributed by atoms with Crippen molar-refractivity contribution in [2.75, 3.05) is 25.0 Å². The summed E-state index contributed by atoms with van der Waals surface area (Å²) in [5.41, 5.74) is 2.23. The molecule has 0 aliphatic carbocycles. The summed E-state index contributed by atoms with van der Waals surface area (Å²) in [6.45, 7) is 3.25. The number of aromatic nitrogens is 1. The molecule has 0 bridgehead atoms. The molecule has 1 aliphatic rings. The second kappa shape index (κ2) is 6.90. The molecular formula is C18H23N3O. The van der Waals surface area contributed by atoms with Crippen LogP contribution in [0.15, 0.2) is 48.7 Å². The average Bonchev–Trinajstić information content (AvgIpc) is 3.04. The van der Waals surface area contributed by atoms with E-state index in [-0.39, 0.29) is 6.61 Å². The fourth-order valence-electron chi connectivity index (χ4n) is 3.02. The number of hydrogen-bond acceptors (Lipinski definition) is 4. The predicted molar refractivity (Wildman–Crippen MR) is 88.7 cm³/mol. The summed E-state index contributed by atoms with van der Waals surface area (Å²) in [5, 5.41) is 9.09. The molecule has 1 aromatic heterocycles. The molecular weight excluding hydrogens is 274 g/mol. The van der Waals surface area contributed by atoms with Gasteiger partial charge in [-0.05, 0) is 23.6 Å². The molecule has 0 amide bonds. The van der Waals surface area contributed by atoms with Crippen molar-refractivity contribution in [1.82, 2.24) is 9.88 Å². The van der Waals surface area contributed by atoms with Crippen LogP contribution in [-0.4, -0.2) is 41.2 Å². The highest BCUT2D eigenvalue weighted by Crippen LogP contribution is 2.21. The summed E-state index contributed by atoms with van der Waals surface area (Å²) in [4.78, 5) is 9.21. The maximum atomic E-state index is 9.09. The van der Waals surface area contributed by atoms with Gasteiger partial charge in [0, 0.05) is 38.9 Å². The lowest BCUT2D eigenvalue weighted by atomic mass is 10.2. The lowest BCUT2D eigenvalue weighted by Crippen LogP contribution is -2.34. The molecule has 2 aromatic rings. The van der Waals surface area contributed by atoms with Gasteiger partial charge in [-0.2, -0.15) is 0 Å². The summed E-state index contributed by atoms with van der Waals surface area (Å²) < 4.78 is 0. The molecule has 1 atom stereocenters. The predicted octanol–water partition coefficient (Wildman–Crippen LogP) is 2.28. The van der Waals surface area contributed by atoms with Gasteiger partial charge in [0.15, 0.2) is 0 Å². The van der Waals surface area contributed by atoms with Gasteiger partial charge < -0.3 is 10.0 Å². The molecule has 0 saturated carbocycles. The lowest BCUT2D eigenvalue weighted by molar-refractivity contribution is 0.281. The van der Waals surface area contributed by atoms with Crippen molar-refractivity contribution >= 4 is 5.82 Å². The van der Waals surface area contributed by atoms with Crippen LogP contribution in [0, 0.1) is 0 Å². The van der Waals surface area contributed by atoms with Gasteiger partial charge in [0.2, 0.25) is 0 Å². The minimum absolute atomic E-state index is 0.0469. The molecule has 2 heterocycles. The third kappa shape index (κ3) is 3.46. The standard InChI is InChI=1S/C18H23N3O/c1-20(18-8-7-16(14-22)11-19-18)17-9-10-21(13-17)12-15-5-3-2-4-6-15/h2-8,11,17,22H,9-10,12-14H2,1H3. The fourth-order valence-corrected chi connectivity index (χ4v) is 3.02. The number of pyridine rings is 1. The molecule has 4 heteroatoms. The number of benzene rings is 1. The number of anilines is 1. The van der Waals surface area contributed by atoms with Gasteiger partial charge in [0.1, 0.15) is 5.82 Å². The van der Waals surface area contributed by atoms with Crippen LogP contribution in [-0.2, 0) is 13.2 Å². The Hall–Kier alpha value is -1.91. The first-order valence-corrected chi connectivity index (χ1v) is 7.81. The van der Waals surface area contributed by atoms with E-state index in [4.69, 9.17) is 5.11 Å². The van der Waals surface area contributed by atoms with E-state index in [1.807, 2.05) is 12.1 Å². The van der Waals surface area contributed by atoms with Crippen molar-refractivity contribution in [2.45, 2.75) is 25.6 Å². The monoisotopic (exact) mass is 297 g/mol. The molecule has 22 heavy (non-hydrogen) atoms. The molecule has 1 N–H and O–H groups in total. The lowest BCUT2D eigenvalue weighted by Gasteiger charge is -2.26. The van der Waals surface area contributed by atoms with E-state index in [2.05, 4.69) is 52.2 Å². The molecule has 0 spiro atoms. The number of aliphatic hydroxyl groups is 1. The van der Waals surface area contributed by atoms with Crippen LogP contribution in [0.4, 0.5) is 5.82 Å². The van der Waals surface area contributed by atoms with Crippen LogP contribution in [0.2, 0.25) is 0 Å². The van der Waals surface area contributed by atoms with Crippen LogP contribution >= 0.6 is 0 Å². The molecule has 0 radical (unpaired) electrons. The Morgan fingerprint density at radius 3 is 2.68 bits per heavy atom. The second-order valence-electron chi connectivity index (χ2n) is 5.96. The first kappa shape index (κ1) is 15.0. The van der Waals surface area contributed by atoms with Gasteiger partial charge in [0.05, 0.1) is 6.61 Å². The zero-order valence-corrected chi connectivity index (χ0v) is 13.0. The highest BCUT2D eigenvalue weighted by molar-refractivity contribution is 5.40. The maximum Gasteiger partial charge on any atom is 0.128 e. The summed E-state index contributed by atoms with van der Waals surface area (Å²) >= 11 is 0. The third-order valence-electron chi connectivity index (χ3n) is 4.40. The Balaban J connectivity index is 1.59. The Morgan fingerprint density at radius 2 is 2.00 bits per heavy atom. The second-order valence-corrected chi connectivity index (χ2v) is 5.96. The van der Waals surface area contributed by atoms with Gasteiger partial charge in [-0.3, -0.25) is 4.90 Å². The highest BCUT2D eigenvalue weighted by atomic mass is 16.3. The molecule has 1 fully saturated rings. The van der Waals surface area contributed by atoms with Crippen LogP contribution in [0.3, 0.4) is 0 Å². The van der Waals surface area contributed by atoms with E-state index >= 15 is 0 Å². The molecule has 3 rings (SSSR count). The van der Waals surface area contributed by atoms with Gasteiger partial charge in [-0.1, -0.05) is 36.4 Å². The molecule has 1 aliphatic heterocycles. The minimum atomic E-state index is 0.0469. The summed E-state index contributed by atoms with van der Waals surface area (Å²) in [6, 6.07) is 15.1. The number of rotatable bonds is 5. The van der Waals surface area contributed by atoms with Crippen molar-refractivity contribution in [3.05, 3.63) is 59.8 Å². The zero-order valence-electron chi connectivity index (χ0n) is 13.0. The molecule has 116 valence electrons. The maximum absolute atomic E-state index is 9.09. The van der Waals surface area contributed by atoms with Crippen molar-refractivity contribution in [3.63, 3.8) is 0 Å². The van der Waals surface area contributed by atoms with Crippen LogP contribution < -0.4 is 4.90 Å². The van der Waals surface area contributed by atoms with E-state index in [1.54, 1.807) is 6.20 Å². The molecule has 1 unspecified atom stereocenters. The number of hydrogen-bond donors (Lipinski definition) is 1.